The molecule has 0 aromatic carbocycles. The van der Waals surface area contributed by atoms with E-state index < -0.39 is 13.5 Å². The molecule has 29 heavy (non-hydrogen) atoms. The number of aromatic nitrogens is 4. The molecular weight excluding hydrogens is 399 g/mol. The lowest BCUT2D eigenvalue weighted by atomic mass is 10.2. The lowest BCUT2D eigenvalue weighted by molar-refractivity contribution is 0.120. The Morgan fingerprint density at radius 1 is 1.10 bits per heavy atom. The Bertz CT molecular complexity index is 967. The van der Waals surface area contributed by atoms with Gasteiger partial charge in [0.25, 0.3) is 5.56 Å². The fourth-order valence-corrected chi connectivity index (χ4v) is 4.24. The Labute approximate surface area is 170 Å². The molecule has 0 aliphatic rings. The van der Waals surface area contributed by atoms with Gasteiger partial charge in [-0.15, -0.1) is 0 Å². The van der Waals surface area contributed by atoms with E-state index in [0.29, 0.717) is 36.5 Å². The fourth-order valence-electron chi connectivity index (χ4n) is 3.03. The zero-order chi connectivity index (χ0) is 21.6. The highest BCUT2D eigenvalue weighted by Crippen LogP contribution is 2.49. The van der Waals surface area contributed by atoms with Crippen LogP contribution >= 0.6 is 7.82 Å². The molecule has 0 atom stereocenters. The maximum Gasteiger partial charge on any atom is 0.474 e. The molecule has 0 saturated carbocycles. The number of phosphoric ester groups is 1. The van der Waals surface area contributed by atoms with Crippen molar-refractivity contribution in [3.63, 3.8) is 0 Å². The molecule has 0 aliphatic carbocycles. The molecule has 164 valence electrons. The van der Waals surface area contributed by atoms with Gasteiger partial charge in [-0.05, 0) is 32.6 Å². The van der Waals surface area contributed by atoms with Crippen LogP contribution in [0.1, 0.15) is 40.5 Å². The maximum atomic E-state index is 12.9. The van der Waals surface area contributed by atoms with Gasteiger partial charge in [0.1, 0.15) is 0 Å². The van der Waals surface area contributed by atoms with Crippen molar-refractivity contribution in [2.24, 2.45) is 13.0 Å². The first-order chi connectivity index (χ1) is 13.7. The molecule has 2 rings (SSSR count). The zero-order valence-electron chi connectivity index (χ0n) is 17.8. The van der Waals surface area contributed by atoms with Crippen molar-refractivity contribution in [1.82, 2.24) is 18.7 Å². The molecule has 0 N–H and O–H groups in total. The third-order valence-electron chi connectivity index (χ3n) is 4.26. The van der Waals surface area contributed by atoms with Crippen molar-refractivity contribution >= 4 is 19.0 Å². The zero-order valence-corrected chi connectivity index (χ0v) is 18.7. The van der Waals surface area contributed by atoms with E-state index in [0.717, 1.165) is 0 Å². The molecule has 2 heterocycles. The molecule has 11 heteroatoms. The number of rotatable bonds is 12. The van der Waals surface area contributed by atoms with Crippen LogP contribution in [0.5, 0.6) is 0 Å². The fraction of sp³-hybridized carbons (Fsp3) is 0.722. The summed E-state index contributed by atoms with van der Waals surface area (Å²) >= 11 is 0. The van der Waals surface area contributed by atoms with Crippen molar-refractivity contribution in [3.8, 4) is 0 Å². The molecule has 0 radical (unpaired) electrons. The Morgan fingerprint density at radius 2 is 1.76 bits per heavy atom. The average molecular weight is 430 g/mol. The van der Waals surface area contributed by atoms with E-state index in [1.807, 2.05) is 0 Å². The first-order valence-electron chi connectivity index (χ1n) is 9.92. The van der Waals surface area contributed by atoms with Gasteiger partial charge < -0.3 is 4.57 Å². The van der Waals surface area contributed by atoms with Crippen LogP contribution in [0.3, 0.4) is 0 Å². The van der Waals surface area contributed by atoms with Crippen molar-refractivity contribution in [3.05, 3.63) is 27.2 Å². The smallest absolute Gasteiger partial charge is 0.324 e. The predicted molar refractivity (Wildman–Crippen MR) is 110 cm³/mol. The summed E-state index contributed by atoms with van der Waals surface area (Å²) in [6.07, 6.45) is 2.59. The van der Waals surface area contributed by atoms with Crippen LogP contribution in [0.4, 0.5) is 0 Å². The molecule has 2 aromatic heterocycles. The van der Waals surface area contributed by atoms with Gasteiger partial charge in [-0.2, -0.15) is 0 Å². The Morgan fingerprint density at radius 3 is 2.34 bits per heavy atom. The van der Waals surface area contributed by atoms with Gasteiger partial charge in [0.2, 0.25) is 0 Å². The summed E-state index contributed by atoms with van der Waals surface area (Å²) in [6.45, 7) is 8.95. The summed E-state index contributed by atoms with van der Waals surface area (Å²) in [5.74, 6) is 0.334. The van der Waals surface area contributed by atoms with Crippen LogP contribution in [0.25, 0.3) is 11.2 Å². The van der Waals surface area contributed by atoms with Crippen molar-refractivity contribution < 1.29 is 18.1 Å². The Balaban J connectivity index is 2.11. The van der Waals surface area contributed by atoms with E-state index in [4.69, 9.17) is 13.6 Å². The first kappa shape index (κ1) is 23.5. The summed E-state index contributed by atoms with van der Waals surface area (Å²) in [6, 6.07) is 0. The van der Waals surface area contributed by atoms with E-state index in [-0.39, 0.29) is 31.9 Å². The van der Waals surface area contributed by atoms with Crippen molar-refractivity contribution in [2.75, 3.05) is 19.8 Å². The van der Waals surface area contributed by atoms with Crippen molar-refractivity contribution in [1.29, 1.82) is 0 Å². The minimum atomic E-state index is -3.55. The number of imidazole rings is 1. The molecular formula is C18H31N4O6P. The summed E-state index contributed by atoms with van der Waals surface area (Å²) < 4.78 is 32.1. The molecule has 0 amide bonds. The summed E-state index contributed by atoms with van der Waals surface area (Å²) in [4.78, 5) is 29.8. The van der Waals surface area contributed by atoms with Gasteiger partial charge >= 0.3 is 13.5 Å². The average Bonchev–Trinajstić information content (AvgIpc) is 3.05. The number of aryl methyl sites for hydroxylation is 1. The minimum Gasteiger partial charge on any atom is -0.324 e. The van der Waals surface area contributed by atoms with E-state index >= 15 is 0 Å². The molecule has 0 fully saturated rings. The third-order valence-corrected chi connectivity index (χ3v) is 5.91. The standard InChI is InChI=1S/C18H31N4O6P/c1-6-26-29(25,27-7-2)28-11-9-8-10-22-17(23)15-16(20(5)18(22)24)19-13-21(15)12-14(3)4/h13-14H,6-12H2,1-5H3. The molecule has 0 bridgehead atoms. The van der Waals surface area contributed by atoms with E-state index in [9.17, 15) is 14.2 Å². The molecule has 0 unspecified atom stereocenters. The van der Waals surface area contributed by atoms with Crippen molar-refractivity contribution in [2.45, 2.75) is 53.6 Å². The predicted octanol–water partition coefficient (Wildman–Crippen LogP) is 2.53. The largest absolute Gasteiger partial charge is 0.474 e. The van der Waals surface area contributed by atoms with Crippen LogP contribution in [-0.2, 0) is 38.3 Å². The highest BCUT2D eigenvalue weighted by atomic mass is 31.2. The molecule has 0 saturated heterocycles. The number of nitrogens with zero attached hydrogens (tertiary/aromatic N) is 4. The number of fused-ring (bicyclic) bond motifs is 1. The number of hydrogen-bond acceptors (Lipinski definition) is 7. The van der Waals surface area contributed by atoms with Gasteiger partial charge in [0.05, 0.1) is 26.1 Å². The van der Waals surface area contributed by atoms with Crippen LogP contribution < -0.4 is 11.2 Å². The Kier molecular flexibility index (Phi) is 8.39. The summed E-state index contributed by atoms with van der Waals surface area (Å²) in [7, 11) is -1.94. The van der Waals surface area contributed by atoms with Gasteiger partial charge in [-0.3, -0.25) is 27.5 Å². The van der Waals surface area contributed by atoms with Crippen LogP contribution in [0.15, 0.2) is 15.9 Å². The minimum absolute atomic E-state index is 0.139. The second-order valence-corrected chi connectivity index (χ2v) is 8.75. The second-order valence-electron chi connectivity index (χ2n) is 7.08. The highest BCUT2D eigenvalue weighted by Gasteiger charge is 2.24. The third kappa shape index (κ3) is 5.66. The molecule has 0 aliphatic heterocycles. The van der Waals surface area contributed by atoms with Gasteiger partial charge in [-0.1, -0.05) is 13.8 Å². The maximum absolute atomic E-state index is 12.9. The molecule has 0 spiro atoms. The van der Waals surface area contributed by atoms with E-state index in [1.54, 1.807) is 31.8 Å². The topological polar surface area (TPSA) is 107 Å². The number of unbranched alkanes of at least 4 members (excludes halogenated alkanes) is 1. The van der Waals surface area contributed by atoms with Crippen LogP contribution in [0.2, 0.25) is 0 Å². The quantitative estimate of drug-likeness (QED) is 0.376. The first-order valence-corrected chi connectivity index (χ1v) is 11.4. The lowest BCUT2D eigenvalue weighted by Gasteiger charge is -2.16. The Hall–Kier alpha value is -1.74. The second kappa shape index (κ2) is 10.3. The highest BCUT2D eigenvalue weighted by molar-refractivity contribution is 7.48. The van der Waals surface area contributed by atoms with Gasteiger partial charge in [-0.25, -0.2) is 14.3 Å². The molecule has 10 nitrogen and oxygen atoms in total. The molecule has 2 aromatic rings. The van der Waals surface area contributed by atoms with Crippen LogP contribution in [0, 0.1) is 5.92 Å². The summed E-state index contributed by atoms with van der Waals surface area (Å²) in [5.41, 5.74) is 0.0489. The SMILES string of the molecule is CCOP(=O)(OCC)OCCCCn1c(=O)c2c(ncn2CC(C)C)n(C)c1=O. The number of phosphoric acid groups is 1. The normalized spacial score (nSPS) is 12.3. The lowest BCUT2D eigenvalue weighted by Crippen LogP contribution is -2.39. The summed E-state index contributed by atoms with van der Waals surface area (Å²) in [5, 5.41) is 0. The van der Waals surface area contributed by atoms with Gasteiger partial charge in [0, 0.05) is 20.1 Å². The number of hydrogen-bond donors (Lipinski definition) is 0. The van der Waals surface area contributed by atoms with E-state index in [2.05, 4.69) is 18.8 Å². The van der Waals surface area contributed by atoms with E-state index in [1.165, 1.54) is 9.13 Å². The van der Waals surface area contributed by atoms with Gasteiger partial charge in [0.15, 0.2) is 11.2 Å². The monoisotopic (exact) mass is 430 g/mol. The van der Waals surface area contributed by atoms with Crippen LogP contribution in [-0.4, -0.2) is 38.5 Å².